The Morgan fingerprint density at radius 2 is 1.44 bits per heavy atom. The molecule has 36 heavy (non-hydrogen) atoms. The molecule has 0 bridgehead atoms. The van der Waals surface area contributed by atoms with Crippen LogP contribution >= 0.6 is 0 Å². The van der Waals surface area contributed by atoms with E-state index in [1.54, 1.807) is 49.4 Å². The Balaban J connectivity index is 1.72. The van der Waals surface area contributed by atoms with E-state index in [-0.39, 0.29) is 35.0 Å². The average molecular weight is 491 g/mol. The number of carboxylic acid groups (broad SMARTS) is 1. The second-order valence-electron chi connectivity index (χ2n) is 7.87. The Labute approximate surface area is 208 Å². The molecule has 0 unspecified atom stereocenters. The fraction of sp³-hybridized carbons (Fsp3) is 0.143. The first-order valence-electron chi connectivity index (χ1n) is 10.9. The SMILES string of the molecule is COc1cc(/C=C/C(=O)Oc2ccc(C/C(=C\c3ccc(O)c(OC)c3)C(=O)O)cc2C)ccc1O. The summed E-state index contributed by atoms with van der Waals surface area (Å²) < 4.78 is 15.5. The molecular formula is C28H26O8. The van der Waals surface area contributed by atoms with Crippen LogP contribution in [0.2, 0.25) is 0 Å². The van der Waals surface area contributed by atoms with Gasteiger partial charge in [-0.1, -0.05) is 24.3 Å². The van der Waals surface area contributed by atoms with Crippen LogP contribution in [0.5, 0.6) is 28.7 Å². The topological polar surface area (TPSA) is 123 Å². The minimum absolute atomic E-state index is 0.00312. The van der Waals surface area contributed by atoms with Crippen molar-refractivity contribution in [2.45, 2.75) is 13.3 Å². The van der Waals surface area contributed by atoms with Gasteiger partial charge >= 0.3 is 11.9 Å². The number of hydrogen-bond acceptors (Lipinski definition) is 7. The number of aliphatic carboxylic acids is 1. The number of phenols is 2. The van der Waals surface area contributed by atoms with E-state index in [0.29, 0.717) is 22.4 Å². The van der Waals surface area contributed by atoms with Gasteiger partial charge in [0, 0.05) is 18.1 Å². The van der Waals surface area contributed by atoms with Crippen molar-refractivity contribution in [2.75, 3.05) is 14.2 Å². The van der Waals surface area contributed by atoms with Crippen molar-refractivity contribution in [3.05, 3.63) is 88.5 Å². The Hall–Kier alpha value is -4.72. The molecule has 0 aliphatic heterocycles. The molecule has 0 atom stereocenters. The van der Waals surface area contributed by atoms with E-state index in [2.05, 4.69) is 0 Å². The summed E-state index contributed by atoms with van der Waals surface area (Å²) in [6.45, 7) is 1.76. The zero-order valence-electron chi connectivity index (χ0n) is 20.0. The quantitative estimate of drug-likeness (QED) is 0.223. The van der Waals surface area contributed by atoms with E-state index >= 15 is 0 Å². The van der Waals surface area contributed by atoms with Gasteiger partial charge in [-0.3, -0.25) is 0 Å². The second kappa shape index (κ2) is 11.6. The minimum atomic E-state index is -1.08. The van der Waals surface area contributed by atoms with Crippen LogP contribution in [0.15, 0.2) is 66.2 Å². The maximum absolute atomic E-state index is 12.3. The number of phenolic OH excluding ortho intramolecular Hbond substituents is 2. The van der Waals surface area contributed by atoms with Crippen LogP contribution in [-0.4, -0.2) is 41.5 Å². The molecule has 3 aromatic rings. The predicted molar refractivity (Wildman–Crippen MR) is 134 cm³/mol. The number of carbonyl (C=O) groups is 2. The van der Waals surface area contributed by atoms with Crippen LogP contribution in [-0.2, 0) is 16.0 Å². The molecule has 0 spiro atoms. The first kappa shape index (κ1) is 25.9. The lowest BCUT2D eigenvalue weighted by atomic mass is 10.0. The van der Waals surface area contributed by atoms with Crippen LogP contribution in [0, 0.1) is 6.92 Å². The van der Waals surface area contributed by atoms with Crippen molar-refractivity contribution >= 4 is 24.1 Å². The lowest BCUT2D eigenvalue weighted by Gasteiger charge is -2.09. The van der Waals surface area contributed by atoms with Crippen LogP contribution in [0.25, 0.3) is 12.2 Å². The fourth-order valence-electron chi connectivity index (χ4n) is 3.43. The summed E-state index contributed by atoms with van der Waals surface area (Å²) in [6.07, 6.45) is 4.44. The number of hydrogen-bond donors (Lipinski definition) is 3. The van der Waals surface area contributed by atoms with Crippen LogP contribution in [0.4, 0.5) is 0 Å². The van der Waals surface area contributed by atoms with Gasteiger partial charge in [0.25, 0.3) is 0 Å². The maximum Gasteiger partial charge on any atom is 0.336 e. The molecule has 0 saturated carbocycles. The lowest BCUT2D eigenvalue weighted by molar-refractivity contribution is -0.132. The van der Waals surface area contributed by atoms with Gasteiger partial charge in [0.2, 0.25) is 0 Å². The van der Waals surface area contributed by atoms with Crippen molar-refractivity contribution < 1.29 is 39.1 Å². The monoisotopic (exact) mass is 490 g/mol. The predicted octanol–water partition coefficient (Wildman–Crippen LogP) is 4.75. The van der Waals surface area contributed by atoms with E-state index in [1.165, 1.54) is 44.6 Å². The number of rotatable bonds is 9. The van der Waals surface area contributed by atoms with E-state index < -0.39 is 11.9 Å². The Morgan fingerprint density at radius 1 is 0.833 bits per heavy atom. The van der Waals surface area contributed by atoms with Gasteiger partial charge in [-0.2, -0.15) is 0 Å². The number of aromatic hydroxyl groups is 2. The molecule has 3 rings (SSSR count). The standard InChI is InChI=1S/C28H26O8/c1-17-12-19(13-21(28(32)33)14-20-5-9-23(30)26(16-20)35-3)6-10-24(17)36-27(31)11-7-18-4-8-22(29)25(15-18)34-2/h4-12,14-16,29-30H,13H2,1-3H3,(H,32,33)/b11-7+,21-14+. The number of carbonyl (C=O) groups excluding carboxylic acids is 1. The van der Waals surface area contributed by atoms with E-state index in [4.69, 9.17) is 14.2 Å². The highest BCUT2D eigenvalue weighted by atomic mass is 16.5. The van der Waals surface area contributed by atoms with Gasteiger partial charge in [0.15, 0.2) is 23.0 Å². The summed E-state index contributed by atoms with van der Waals surface area (Å²) in [4.78, 5) is 24.1. The fourth-order valence-corrected chi connectivity index (χ4v) is 3.43. The van der Waals surface area contributed by atoms with Crippen molar-refractivity contribution in [3.63, 3.8) is 0 Å². The van der Waals surface area contributed by atoms with Crippen LogP contribution in [0.1, 0.15) is 22.3 Å². The summed E-state index contributed by atoms with van der Waals surface area (Å²) in [5, 5.41) is 29.1. The van der Waals surface area contributed by atoms with Gasteiger partial charge in [-0.25, -0.2) is 9.59 Å². The molecule has 0 heterocycles. The molecule has 3 aromatic carbocycles. The van der Waals surface area contributed by atoms with Gasteiger partial charge in [0.05, 0.1) is 14.2 Å². The first-order chi connectivity index (χ1) is 17.2. The number of carboxylic acids is 1. The number of benzene rings is 3. The molecular weight excluding hydrogens is 464 g/mol. The van der Waals surface area contributed by atoms with Crippen molar-refractivity contribution in [1.82, 2.24) is 0 Å². The number of methoxy groups -OCH3 is 2. The highest BCUT2D eigenvalue weighted by Crippen LogP contribution is 2.29. The third-order valence-corrected chi connectivity index (χ3v) is 5.28. The minimum Gasteiger partial charge on any atom is -0.504 e. The molecule has 0 aliphatic rings. The molecule has 3 N–H and O–H groups in total. The van der Waals surface area contributed by atoms with Crippen molar-refractivity contribution in [2.24, 2.45) is 0 Å². The van der Waals surface area contributed by atoms with Gasteiger partial charge < -0.3 is 29.5 Å². The van der Waals surface area contributed by atoms with Gasteiger partial charge in [0.1, 0.15) is 5.75 Å². The number of ether oxygens (including phenoxy) is 3. The largest absolute Gasteiger partial charge is 0.504 e. The van der Waals surface area contributed by atoms with Crippen molar-refractivity contribution in [3.8, 4) is 28.7 Å². The molecule has 8 nitrogen and oxygen atoms in total. The lowest BCUT2D eigenvalue weighted by Crippen LogP contribution is -2.06. The van der Waals surface area contributed by atoms with E-state index in [9.17, 15) is 24.9 Å². The molecule has 0 radical (unpaired) electrons. The molecule has 0 aromatic heterocycles. The van der Waals surface area contributed by atoms with E-state index in [0.717, 1.165) is 5.56 Å². The summed E-state index contributed by atoms with van der Waals surface area (Å²) in [5.74, 6) is -0.829. The summed E-state index contributed by atoms with van der Waals surface area (Å²) in [7, 11) is 2.85. The molecule has 8 heteroatoms. The normalized spacial score (nSPS) is 11.4. The van der Waals surface area contributed by atoms with Crippen LogP contribution < -0.4 is 14.2 Å². The van der Waals surface area contributed by atoms with E-state index in [1.807, 2.05) is 0 Å². The summed E-state index contributed by atoms with van der Waals surface area (Å²) >= 11 is 0. The molecule has 0 aliphatic carbocycles. The Morgan fingerprint density at radius 3 is 2.03 bits per heavy atom. The highest BCUT2D eigenvalue weighted by Gasteiger charge is 2.12. The highest BCUT2D eigenvalue weighted by molar-refractivity contribution is 5.93. The van der Waals surface area contributed by atoms with Crippen LogP contribution in [0.3, 0.4) is 0 Å². The third-order valence-electron chi connectivity index (χ3n) is 5.28. The summed E-state index contributed by atoms with van der Waals surface area (Å²) in [5.41, 5.74) is 2.74. The maximum atomic E-state index is 12.3. The zero-order chi connectivity index (χ0) is 26.2. The van der Waals surface area contributed by atoms with Gasteiger partial charge in [-0.15, -0.1) is 0 Å². The average Bonchev–Trinajstić information content (AvgIpc) is 2.85. The Bertz CT molecular complexity index is 1340. The molecule has 186 valence electrons. The summed E-state index contributed by atoms with van der Waals surface area (Å²) in [6, 6.07) is 14.3. The molecule has 0 fully saturated rings. The Kier molecular flexibility index (Phi) is 8.35. The molecule has 0 saturated heterocycles. The number of aryl methyl sites for hydroxylation is 1. The smallest absolute Gasteiger partial charge is 0.336 e. The van der Waals surface area contributed by atoms with Crippen molar-refractivity contribution in [1.29, 1.82) is 0 Å². The molecule has 0 amide bonds. The third kappa shape index (κ3) is 6.66. The zero-order valence-corrected chi connectivity index (χ0v) is 20.0. The first-order valence-corrected chi connectivity index (χ1v) is 10.9. The second-order valence-corrected chi connectivity index (χ2v) is 7.87. The van der Waals surface area contributed by atoms with Gasteiger partial charge in [-0.05, 0) is 71.7 Å². The number of esters is 1.